The highest BCUT2D eigenvalue weighted by Crippen LogP contribution is 2.36. The zero-order valence-corrected chi connectivity index (χ0v) is 8.81. The van der Waals surface area contributed by atoms with Crippen LogP contribution < -0.4 is 10.6 Å². The lowest BCUT2D eigenvalue weighted by molar-refractivity contribution is -0.156. The summed E-state index contributed by atoms with van der Waals surface area (Å²) in [6.45, 7) is 10.7. The van der Waals surface area contributed by atoms with Gasteiger partial charge in [-0.05, 0) is 5.41 Å². The Morgan fingerprint density at radius 2 is 2.08 bits per heavy atom. The molecule has 0 aromatic carbocycles. The Bertz CT molecular complexity index is 192. The minimum absolute atomic E-state index is 0.0799. The number of hydrogen-bond acceptors (Lipinski definition) is 3. The fraction of sp³-hybridized carbons (Fsp3) is 1.00. The third-order valence-corrected chi connectivity index (χ3v) is 3.09. The minimum atomic E-state index is 0.0799. The van der Waals surface area contributed by atoms with Gasteiger partial charge in [0.25, 0.3) is 0 Å². The van der Waals surface area contributed by atoms with Crippen LogP contribution in [0.1, 0.15) is 20.8 Å². The van der Waals surface area contributed by atoms with Gasteiger partial charge < -0.3 is 15.4 Å². The number of hydrogen-bond donors (Lipinski definition) is 2. The van der Waals surface area contributed by atoms with E-state index in [1.807, 2.05) is 0 Å². The maximum absolute atomic E-state index is 5.92. The lowest BCUT2D eigenvalue weighted by atomic mass is 9.70. The first-order chi connectivity index (χ1) is 6.05. The molecule has 2 rings (SSSR count). The first kappa shape index (κ1) is 9.44. The predicted molar refractivity (Wildman–Crippen MR) is 52.8 cm³/mol. The molecule has 3 heteroatoms. The standard InChI is InChI=1S/C10H20N2O/c1-9(2,3)8-10(7-12-8)6-11-4-5-13-10/h8,11-12H,4-7H2,1-3H3. The van der Waals surface area contributed by atoms with Gasteiger partial charge in [-0.2, -0.15) is 0 Å². The SMILES string of the molecule is CC(C)(C)C1NCC12CNCCO2. The highest BCUT2D eigenvalue weighted by Gasteiger charge is 2.53. The summed E-state index contributed by atoms with van der Waals surface area (Å²) in [6, 6.07) is 0.493. The average Bonchev–Trinajstić information content (AvgIpc) is 2.01. The highest BCUT2D eigenvalue weighted by molar-refractivity contribution is 5.11. The van der Waals surface area contributed by atoms with E-state index in [9.17, 15) is 0 Å². The van der Waals surface area contributed by atoms with Crippen LogP contribution in [0.15, 0.2) is 0 Å². The Hall–Kier alpha value is -0.120. The number of nitrogens with one attached hydrogen (secondary N) is 2. The zero-order valence-electron chi connectivity index (χ0n) is 8.81. The van der Waals surface area contributed by atoms with E-state index in [-0.39, 0.29) is 11.0 Å². The van der Waals surface area contributed by atoms with Crippen LogP contribution in [-0.4, -0.2) is 37.9 Å². The molecule has 0 amide bonds. The second-order valence-corrected chi connectivity index (χ2v) is 5.27. The van der Waals surface area contributed by atoms with E-state index in [1.54, 1.807) is 0 Å². The van der Waals surface area contributed by atoms with Crippen molar-refractivity contribution in [1.29, 1.82) is 0 Å². The van der Waals surface area contributed by atoms with E-state index in [0.717, 1.165) is 26.2 Å². The van der Waals surface area contributed by atoms with Gasteiger partial charge in [-0.1, -0.05) is 20.8 Å². The van der Waals surface area contributed by atoms with Gasteiger partial charge in [0.15, 0.2) is 0 Å². The van der Waals surface area contributed by atoms with Crippen LogP contribution in [0, 0.1) is 5.41 Å². The van der Waals surface area contributed by atoms with Crippen molar-refractivity contribution in [3.8, 4) is 0 Å². The molecule has 3 nitrogen and oxygen atoms in total. The van der Waals surface area contributed by atoms with Crippen molar-refractivity contribution in [3.63, 3.8) is 0 Å². The molecule has 0 aromatic rings. The largest absolute Gasteiger partial charge is 0.369 e. The zero-order chi connectivity index (χ0) is 9.53. The van der Waals surface area contributed by atoms with Crippen LogP contribution in [-0.2, 0) is 4.74 Å². The molecule has 2 N–H and O–H groups in total. The van der Waals surface area contributed by atoms with Crippen molar-refractivity contribution in [2.45, 2.75) is 32.4 Å². The normalized spacial score (nSPS) is 40.4. The maximum Gasteiger partial charge on any atom is 0.109 e. The Labute approximate surface area is 80.2 Å². The molecule has 1 spiro atoms. The third-order valence-electron chi connectivity index (χ3n) is 3.09. The molecule has 0 saturated carbocycles. The summed E-state index contributed by atoms with van der Waals surface area (Å²) in [4.78, 5) is 0. The lowest BCUT2D eigenvalue weighted by Crippen LogP contribution is -2.78. The fourth-order valence-corrected chi connectivity index (χ4v) is 2.50. The van der Waals surface area contributed by atoms with E-state index < -0.39 is 0 Å². The topological polar surface area (TPSA) is 33.3 Å². The van der Waals surface area contributed by atoms with Gasteiger partial charge in [-0.25, -0.2) is 0 Å². The van der Waals surface area contributed by atoms with Gasteiger partial charge in [-0.15, -0.1) is 0 Å². The summed E-state index contributed by atoms with van der Waals surface area (Å²) in [5, 5.41) is 6.90. The molecule has 2 atom stereocenters. The van der Waals surface area contributed by atoms with E-state index in [1.165, 1.54) is 0 Å². The van der Waals surface area contributed by atoms with E-state index in [0.29, 0.717) is 6.04 Å². The van der Waals surface area contributed by atoms with Gasteiger partial charge in [0, 0.05) is 25.7 Å². The molecule has 0 bridgehead atoms. The van der Waals surface area contributed by atoms with Crippen LogP contribution in [0.3, 0.4) is 0 Å². The summed E-state index contributed by atoms with van der Waals surface area (Å²) in [6.07, 6.45) is 0. The van der Waals surface area contributed by atoms with E-state index in [2.05, 4.69) is 31.4 Å². The Kier molecular flexibility index (Phi) is 2.13. The number of morpholine rings is 1. The molecule has 2 aliphatic rings. The van der Waals surface area contributed by atoms with Crippen molar-refractivity contribution in [1.82, 2.24) is 10.6 Å². The molecule has 0 aromatic heterocycles. The van der Waals surface area contributed by atoms with Crippen LogP contribution in [0.4, 0.5) is 0 Å². The molecule has 13 heavy (non-hydrogen) atoms. The van der Waals surface area contributed by atoms with Crippen molar-refractivity contribution >= 4 is 0 Å². The molecule has 76 valence electrons. The molecular formula is C10H20N2O. The summed E-state index contributed by atoms with van der Waals surface area (Å²) < 4.78 is 5.92. The summed E-state index contributed by atoms with van der Waals surface area (Å²) >= 11 is 0. The van der Waals surface area contributed by atoms with Crippen LogP contribution >= 0.6 is 0 Å². The van der Waals surface area contributed by atoms with Gasteiger partial charge in [-0.3, -0.25) is 0 Å². The van der Waals surface area contributed by atoms with Crippen LogP contribution in [0.2, 0.25) is 0 Å². The molecule has 2 saturated heterocycles. The van der Waals surface area contributed by atoms with Crippen LogP contribution in [0.25, 0.3) is 0 Å². The van der Waals surface area contributed by atoms with Crippen molar-refractivity contribution in [2.24, 2.45) is 5.41 Å². The molecule has 0 radical (unpaired) electrons. The molecule has 0 aliphatic carbocycles. The minimum Gasteiger partial charge on any atom is -0.369 e. The van der Waals surface area contributed by atoms with Crippen molar-refractivity contribution in [2.75, 3.05) is 26.2 Å². The number of rotatable bonds is 0. The Morgan fingerprint density at radius 3 is 2.46 bits per heavy atom. The van der Waals surface area contributed by atoms with Crippen molar-refractivity contribution < 1.29 is 4.74 Å². The lowest BCUT2D eigenvalue weighted by Gasteiger charge is -2.57. The molecule has 2 heterocycles. The summed E-state index contributed by atoms with van der Waals surface area (Å²) in [5.41, 5.74) is 0.369. The third kappa shape index (κ3) is 1.49. The van der Waals surface area contributed by atoms with Gasteiger partial charge >= 0.3 is 0 Å². The smallest absolute Gasteiger partial charge is 0.109 e. The van der Waals surface area contributed by atoms with Crippen LogP contribution in [0.5, 0.6) is 0 Å². The Morgan fingerprint density at radius 1 is 1.31 bits per heavy atom. The quantitative estimate of drug-likeness (QED) is 0.570. The maximum atomic E-state index is 5.92. The predicted octanol–water partition coefficient (Wildman–Crippen LogP) is 0.363. The molecule has 2 unspecified atom stereocenters. The van der Waals surface area contributed by atoms with Gasteiger partial charge in [0.1, 0.15) is 5.60 Å². The summed E-state index contributed by atoms with van der Waals surface area (Å²) in [5.74, 6) is 0. The molecule has 2 aliphatic heterocycles. The first-order valence-corrected chi connectivity index (χ1v) is 5.13. The van der Waals surface area contributed by atoms with Gasteiger partial charge in [0.2, 0.25) is 0 Å². The summed E-state index contributed by atoms with van der Waals surface area (Å²) in [7, 11) is 0. The number of ether oxygens (including phenoxy) is 1. The van der Waals surface area contributed by atoms with Crippen molar-refractivity contribution in [3.05, 3.63) is 0 Å². The van der Waals surface area contributed by atoms with E-state index >= 15 is 0 Å². The fourth-order valence-electron chi connectivity index (χ4n) is 2.50. The average molecular weight is 184 g/mol. The van der Waals surface area contributed by atoms with E-state index in [4.69, 9.17) is 4.74 Å². The highest BCUT2D eigenvalue weighted by atomic mass is 16.5. The Balaban J connectivity index is 2.07. The molecule has 2 fully saturated rings. The first-order valence-electron chi connectivity index (χ1n) is 5.13. The molecular weight excluding hydrogens is 164 g/mol. The second kappa shape index (κ2) is 2.94. The monoisotopic (exact) mass is 184 g/mol. The van der Waals surface area contributed by atoms with Gasteiger partial charge in [0.05, 0.1) is 6.61 Å². The second-order valence-electron chi connectivity index (χ2n) is 5.27.